The van der Waals surface area contributed by atoms with Crippen molar-refractivity contribution in [3.63, 3.8) is 0 Å². The van der Waals surface area contributed by atoms with E-state index in [9.17, 15) is 4.79 Å². The van der Waals surface area contributed by atoms with E-state index in [2.05, 4.69) is 68.4 Å². The molecule has 1 atom stereocenters. The summed E-state index contributed by atoms with van der Waals surface area (Å²) in [6, 6.07) is 16.5. The second kappa shape index (κ2) is 10.2. The minimum absolute atomic E-state index is 0.0556. The number of morpholine rings is 1. The van der Waals surface area contributed by atoms with Crippen molar-refractivity contribution in [3.8, 4) is 11.1 Å². The third kappa shape index (κ3) is 5.20. The molecule has 1 N–H and O–H groups in total. The van der Waals surface area contributed by atoms with Gasteiger partial charge >= 0.3 is 0 Å². The highest BCUT2D eigenvalue weighted by atomic mass is 16.5. The van der Waals surface area contributed by atoms with Crippen LogP contribution in [0.15, 0.2) is 60.9 Å². The second-order valence-electron chi connectivity index (χ2n) is 9.06. The van der Waals surface area contributed by atoms with Crippen LogP contribution >= 0.6 is 0 Å². The lowest BCUT2D eigenvalue weighted by Gasteiger charge is -2.32. The van der Waals surface area contributed by atoms with Gasteiger partial charge in [0, 0.05) is 55.5 Å². The summed E-state index contributed by atoms with van der Waals surface area (Å²) in [6.07, 6.45) is 5.55. The average Bonchev–Trinajstić information content (AvgIpc) is 2.90. The van der Waals surface area contributed by atoms with Gasteiger partial charge in [-0.05, 0) is 49.6 Å². The fourth-order valence-electron chi connectivity index (χ4n) is 4.57. The Kier molecular flexibility index (Phi) is 6.72. The Morgan fingerprint density at radius 3 is 2.32 bits per heavy atom. The van der Waals surface area contributed by atoms with Crippen LogP contribution in [0, 0.1) is 12.8 Å². The Morgan fingerprint density at radius 1 is 0.912 bits per heavy atom. The van der Waals surface area contributed by atoms with E-state index in [1.807, 2.05) is 24.5 Å². The van der Waals surface area contributed by atoms with Crippen LogP contribution in [0.25, 0.3) is 11.1 Å². The van der Waals surface area contributed by atoms with Crippen LogP contribution in [0.2, 0.25) is 0 Å². The zero-order valence-electron chi connectivity index (χ0n) is 19.6. The minimum atomic E-state index is -0.0898. The molecular formula is C27H31N5O2. The van der Waals surface area contributed by atoms with Gasteiger partial charge in [0.05, 0.1) is 19.1 Å². The molecule has 2 aromatic carbocycles. The Bertz CT molecular complexity index is 1090. The van der Waals surface area contributed by atoms with Gasteiger partial charge in [-0.25, -0.2) is 9.97 Å². The average molecular weight is 458 g/mol. The van der Waals surface area contributed by atoms with Gasteiger partial charge in [-0.15, -0.1) is 0 Å². The molecule has 3 heterocycles. The minimum Gasteiger partial charge on any atom is -0.378 e. The lowest BCUT2D eigenvalue weighted by Crippen LogP contribution is -2.41. The molecule has 1 amide bonds. The maximum absolute atomic E-state index is 13.0. The van der Waals surface area contributed by atoms with Gasteiger partial charge in [-0.2, -0.15) is 0 Å². The Labute approximate surface area is 200 Å². The molecule has 2 fully saturated rings. The van der Waals surface area contributed by atoms with Crippen molar-refractivity contribution in [2.45, 2.75) is 19.8 Å². The molecule has 1 aromatic heterocycles. The van der Waals surface area contributed by atoms with E-state index < -0.39 is 0 Å². The number of carbonyl (C=O) groups excluding carboxylic acids is 1. The number of ether oxygens (including phenoxy) is 1. The van der Waals surface area contributed by atoms with Crippen molar-refractivity contribution in [1.82, 2.24) is 9.97 Å². The molecule has 5 rings (SSSR count). The van der Waals surface area contributed by atoms with Gasteiger partial charge in [-0.3, -0.25) is 4.79 Å². The lowest BCUT2D eigenvalue weighted by molar-refractivity contribution is -0.120. The van der Waals surface area contributed by atoms with E-state index in [0.717, 1.165) is 68.2 Å². The van der Waals surface area contributed by atoms with Gasteiger partial charge in [0.1, 0.15) is 0 Å². The summed E-state index contributed by atoms with van der Waals surface area (Å²) in [7, 11) is 0. The topological polar surface area (TPSA) is 70.6 Å². The van der Waals surface area contributed by atoms with Gasteiger partial charge < -0.3 is 19.9 Å². The number of anilines is 3. The van der Waals surface area contributed by atoms with Crippen molar-refractivity contribution in [2.75, 3.05) is 54.5 Å². The molecule has 7 nitrogen and oxygen atoms in total. The zero-order chi connectivity index (χ0) is 23.3. The smallest absolute Gasteiger partial charge is 0.229 e. The van der Waals surface area contributed by atoms with Crippen molar-refractivity contribution >= 4 is 23.2 Å². The largest absolute Gasteiger partial charge is 0.378 e. The summed E-state index contributed by atoms with van der Waals surface area (Å²) in [5.74, 6) is 0.649. The van der Waals surface area contributed by atoms with Crippen LogP contribution in [-0.2, 0) is 9.53 Å². The number of hydrogen-bond donors (Lipinski definition) is 1. The van der Waals surface area contributed by atoms with Crippen LogP contribution < -0.4 is 15.1 Å². The SMILES string of the molecule is Cc1ccc(-c2cnc(N3CCCC(C(=O)Nc4ccc(N5CCOCC5)cc4)C3)nc2)cc1. The molecule has 0 saturated carbocycles. The molecule has 176 valence electrons. The van der Waals surface area contributed by atoms with Crippen molar-refractivity contribution < 1.29 is 9.53 Å². The molecule has 0 aliphatic carbocycles. The number of benzene rings is 2. The summed E-state index contributed by atoms with van der Waals surface area (Å²) < 4.78 is 5.42. The predicted octanol–water partition coefficient (Wildman–Crippen LogP) is 4.14. The molecule has 0 spiro atoms. The van der Waals surface area contributed by atoms with E-state index in [0.29, 0.717) is 12.5 Å². The number of aryl methyl sites for hydroxylation is 1. The van der Waals surface area contributed by atoms with Gasteiger partial charge in [0.15, 0.2) is 0 Å². The first kappa shape index (κ1) is 22.3. The van der Waals surface area contributed by atoms with E-state index in [4.69, 9.17) is 4.74 Å². The molecule has 2 aliphatic rings. The van der Waals surface area contributed by atoms with Crippen LogP contribution in [0.3, 0.4) is 0 Å². The van der Waals surface area contributed by atoms with Gasteiger partial charge in [-0.1, -0.05) is 29.8 Å². The maximum Gasteiger partial charge on any atom is 0.229 e. The number of nitrogens with one attached hydrogen (secondary N) is 1. The Balaban J connectivity index is 1.19. The van der Waals surface area contributed by atoms with Crippen LogP contribution in [-0.4, -0.2) is 55.3 Å². The van der Waals surface area contributed by atoms with Gasteiger partial charge in [0.25, 0.3) is 0 Å². The Morgan fingerprint density at radius 2 is 1.62 bits per heavy atom. The van der Waals surface area contributed by atoms with Crippen molar-refractivity contribution in [1.29, 1.82) is 0 Å². The van der Waals surface area contributed by atoms with E-state index >= 15 is 0 Å². The number of piperidine rings is 1. The number of hydrogen-bond acceptors (Lipinski definition) is 6. The number of rotatable bonds is 5. The first-order valence-electron chi connectivity index (χ1n) is 12.0. The molecule has 34 heavy (non-hydrogen) atoms. The summed E-state index contributed by atoms with van der Waals surface area (Å²) in [4.78, 5) is 26.6. The lowest BCUT2D eigenvalue weighted by atomic mass is 9.97. The van der Waals surface area contributed by atoms with Gasteiger partial charge in [0.2, 0.25) is 11.9 Å². The fourth-order valence-corrected chi connectivity index (χ4v) is 4.57. The summed E-state index contributed by atoms with van der Waals surface area (Å²) in [5.41, 5.74) is 5.32. The number of amides is 1. The molecule has 7 heteroatoms. The molecule has 0 bridgehead atoms. The molecule has 0 radical (unpaired) electrons. The van der Waals surface area contributed by atoms with Crippen LogP contribution in [0.4, 0.5) is 17.3 Å². The molecule has 2 saturated heterocycles. The standard InChI is InChI=1S/C27H31N5O2/c1-20-4-6-21(7-5-20)23-17-28-27(29-18-23)32-12-2-3-22(19-32)26(33)30-24-8-10-25(11-9-24)31-13-15-34-16-14-31/h4-11,17-18,22H,2-3,12-16,19H2,1H3,(H,30,33). The highest BCUT2D eigenvalue weighted by Crippen LogP contribution is 2.25. The van der Waals surface area contributed by atoms with Crippen LogP contribution in [0.5, 0.6) is 0 Å². The van der Waals surface area contributed by atoms with Crippen molar-refractivity contribution in [3.05, 3.63) is 66.5 Å². The molecular weight excluding hydrogens is 426 g/mol. The zero-order valence-corrected chi connectivity index (χ0v) is 19.6. The maximum atomic E-state index is 13.0. The Hall–Kier alpha value is -3.45. The summed E-state index contributed by atoms with van der Waals surface area (Å²) >= 11 is 0. The number of aromatic nitrogens is 2. The highest BCUT2D eigenvalue weighted by molar-refractivity contribution is 5.93. The third-order valence-electron chi connectivity index (χ3n) is 6.61. The quantitative estimate of drug-likeness (QED) is 0.621. The third-order valence-corrected chi connectivity index (χ3v) is 6.61. The normalized spacial score (nSPS) is 18.6. The first-order valence-corrected chi connectivity index (χ1v) is 12.0. The number of carbonyl (C=O) groups is 1. The van der Waals surface area contributed by atoms with Crippen LogP contribution in [0.1, 0.15) is 18.4 Å². The molecule has 1 unspecified atom stereocenters. The van der Waals surface area contributed by atoms with E-state index in [-0.39, 0.29) is 11.8 Å². The monoisotopic (exact) mass is 457 g/mol. The first-order chi connectivity index (χ1) is 16.7. The van der Waals surface area contributed by atoms with E-state index in [1.54, 1.807) is 0 Å². The summed E-state index contributed by atoms with van der Waals surface area (Å²) in [6.45, 7) is 6.88. The van der Waals surface area contributed by atoms with E-state index in [1.165, 1.54) is 5.56 Å². The number of nitrogens with zero attached hydrogens (tertiary/aromatic N) is 4. The molecule has 3 aromatic rings. The predicted molar refractivity (Wildman–Crippen MR) is 135 cm³/mol. The second-order valence-corrected chi connectivity index (χ2v) is 9.06. The summed E-state index contributed by atoms with van der Waals surface area (Å²) in [5, 5.41) is 3.10. The van der Waals surface area contributed by atoms with Crippen molar-refractivity contribution in [2.24, 2.45) is 5.92 Å². The highest BCUT2D eigenvalue weighted by Gasteiger charge is 2.27. The molecule has 2 aliphatic heterocycles. The fraction of sp³-hybridized carbons (Fsp3) is 0.370.